The molecular weight excluding hydrogens is 436 g/mol. The molecule has 1 aromatic heterocycles. The lowest BCUT2D eigenvalue weighted by atomic mass is 9.62. The van der Waals surface area contributed by atoms with Crippen LogP contribution in [0.4, 0.5) is 0 Å². The molecule has 1 amide bonds. The summed E-state index contributed by atoms with van der Waals surface area (Å²) in [7, 11) is -3.60. The first-order valence-electron chi connectivity index (χ1n) is 10.5. The highest BCUT2D eigenvalue weighted by molar-refractivity contribution is 7.91. The third-order valence-electron chi connectivity index (χ3n) is 6.62. The van der Waals surface area contributed by atoms with Crippen molar-refractivity contribution in [2.75, 3.05) is 13.1 Å². The van der Waals surface area contributed by atoms with Crippen molar-refractivity contribution in [2.24, 2.45) is 15.6 Å². The number of nitrogens with zero attached hydrogens (tertiary/aromatic N) is 4. The van der Waals surface area contributed by atoms with Gasteiger partial charge in [0.25, 0.3) is 10.0 Å². The van der Waals surface area contributed by atoms with Crippen LogP contribution in [-0.4, -0.2) is 48.4 Å². The van der Waals surface area contributed by atoms with Crippen LogP contribution >= 0.6 is 11.3 Å². The van der Waals surface area contributed by atoms with Gasteiger partial charge >= 0.3 is 0 Å². The van der Waals surface area contributed by atoms with Crippen molar-refractivity contribution in [3.63, 3.8) is 0 Å². The molecule has 1 unspecified atom stereocenters. The second-order valence-corrected chi connectivity index (χ2v) is 12.4. The minimum absolute atomic E-state index is 0.0867. The Morgan fingerprint density at radius 2 is 2.03 bits per heavy atom. The monoisotopic (exact) mass is 462 g/mol. The first kappa shape index (κ1) is 20.8. The lowest BCUT2D eigenvalue weighted by molar-refractivity contribution is -0.121. The largest absolute Gasteiger partial charge is 0.362 e. The molecule has 1 aromatic rings. The van der Waals surface area contributed by atoms with Gasteiger partial charge in [-0.3, -0.25) is 4.79 Å². The Balaban J connectivity index is 1.48. The molecule has 11 heteroatoms. The van der Waals surface area contributed by atoms with Crippen LogP contribution in [0.25, 0.3) is 0 Å². The Morgan fingerprint density at radius 3 is 2.71 bits per heavy atom. The minimum atomic E-state index is -3.60. The van der Waals surface area contributed by atoms with E-state index in [0.29, 0.717) is 38.8 Å². The average Bonchev–Trinajstić information content (AvgIpc) is 3.37. The van der Waals surface area contributed by atoms with E-state index in [9.17, 15) is 13.2 Å². The average molecular weight is 463 g/mol. The van der Waals surface area contributed by atoms with Crippen molar-refractivity contribution in [3.05, 3.63) is 34.2 Å². The zero-order valence-corrected chi connectivity index (χ0v) is 19.4. The van der Waals surface area contributed by atoms with E-state index >= 15 is 0 Å². The van der Waals surface area contributed by atoms with Gasteiger partial charge in [0.2, 0.25) is 5.91 Å². The van der Waals surface area contributed by atoms with Crippen molar-refractivity contribution >= 4 is 27.3 Å². The van der Waals surface area contributed by atoms with Crippen LogP contribution in [0.5, 0.6) is 0 Å². The van der Waals surface area contributed by atoms with E-state index in [1.165, 1.54) is 21.8 Å². The highest BCUT2D eigenvalue weighted by atomic mass is 32.2. The summed E-state index contributed by atoms with van der Waals surface area (Å²) in [4.78, 5) is 17.4. The number of piperidine rings is 1. The van der Waals surface area contributed by atoms with Crippen LogP contribution in [0.1, 0.15) is 45.0 Å². The van der Waals surface area contributed by atoms with Gasteiger partial charge in [0, 0.05) is 47.3 Å². The van der Waals surface area contributed by atoms with Crippen molar-refractivity contribution in [3.8, 4) is 0 Å². The Labute approximate surface area is 185 Å². The highest BCUT2D eigenvalue weighted by Gasteiger charge is 2.54. The maximum Gasteiger partial charge on any atom is 0.254 e. The Kier molecular flexibility index (Phi) is 4.65. The molecule has 0 aromatic carbocycles. The number of hydrogen-bond acceptors (Lipinski definition) is 8. The molecular formula is C20H26N6O3S2. The summed E-state index contributed by atoms with van der Waals surface area (Å²) in [5.74, 6) is -0.0867. The van der Waals surface area contributed by atoms with Crippen LogP contribution in [-0.2, 0) is 21.2 Å². The fourth-order valence-corrected chi connectivity index (χ4v) is 7.87. The van der Waals surface area contributed by atoms with Gasteiger partial charge in [-0.15, -0.1) is 11.3 Å². The van der Waals surface area contributed by atoms with E-state index in [2.05, 4.69) is 25.8 Å². The molecule has 1 saturated heterocycles. The molecule has 4 aliphatic heterocycles. The Hall–Kier alpha value is -2.11. The summed E-state index contributed by atoms with van der Waals surface area (Å²) < 4.78 is 28.2. The van der Waals surface area contributed by atoms with Gasteiger partial charge in [0.15, 0.2) is 10.4 Å². The number of rotatable bonds is 3. The zero-order chi connectivity index (χ0) is 22.0. The zero-order valence-electron chi connectivity index (χ0n) is 17.8. The summed E-state index contributed by atoms with van der Waals surface area (Å²) in [6.07, 6.45) is 5.35. The summed E-state index contributed by atoms with van der Waals surface area (Å²) >= 11 is 1.23. The molecule has 0 bridgehead atoms. The summed E-state index contributed by atoms with van der Waals surface area (Å²) in [6.45, 7) is 6.62. The Morgan fingerprint density at radius 1 is 1.29 bits per heavy atom. The quantitative estimate of drug-likeness (QED) is 0.715. The van der Waals surface area contributed by atoms with Gasteiger partial charge in [-0.1, -0.05) is 6.92 Å². The number of nitrogens with one attached hydrogen (secondary N) is 2. The molecule has 31 heavy (non-hydrogen) atoms. The third-order valence-corrected chi connectivity index (χ3v) is 10.1. The van der Waals surface area contributed by atoms with Gasteiger partial charge in [0.1, 0.15) is 0 Å². The number of aryl methyl sites for hydroxylation is 1. The van der Waals surface area contributed by atoms with E-state index in [0.717, 1.165) is 21.9 Å². The van der Waals surface area contributed by atoms with Crippen molar-refractivity contribution in [2.45, 2.75) is 62.4 Å². The number of carbonyl (C=O) groups is 1. The molecule has 5 rings (SSSR count). The first-order valence-corrected chi connectivity index (χ1v) is 12.8. The topological polar surface area (TPSA) is 116 Å². The number of fused-ring (bicyclic) bond motifs is 3. The number of aromatic nitrogens is 1. The highest BCUT2D eigenvalue weighted by Crippen LogP contribution is 2.53. The molecule has 9 nitrogen and oxygen atoms in total. The maximum absolute atomic E-state index is 13.2. The third kappa shape index (κ3) is 3.16. The summed E-state index contributed by atoms with van der Waals surface area (Å²) in [5, 5.41) is 15.8. The Bertz CT molecular complexity index is 1140. The molecule has 1 fully saturated rings. The van der Waals surface area contributed by atoms with Gasteiger partial charge in [-0.2, -0.15) is 14.5 Å². The molecule has 5 heterocycles. The molecule has 1 spiro atoms. The van der Waals surface area contributed by atoms with Gasteiger partial charge in [0.05, 0.1) is 17.4 Å². The van der Waals surface area contributed by atoms with Crippen LogP contribution in [0.3, 0.4) is 0 Å². The van der Waals surface area contributed by atoms with Gasteiger partial charge in [-0.25, -0.2) is 13.4 Å². The second kappa shape index (κ2) is 6.94. The number of carbonyl (C=O) groups excluding carboxylic acids is 1. The van der Waals surface area contributed by atoms with Gasteiger partial charge < -0.3 is 10.6 Å². The van der Waals surface area contributed by atoms with E-state index in [1.807, 2.05) is 20.8 Å². The normalized spacial score (nSPS) is 26.9. The second-order valence-electron chi connectivity index (χ2n) is 9.14. The van der Waals surface area contributed by atoms with Crippen LogP contribution < -0.4 is 10.6 Å². The van der Waals surface area contributed by atoms with Gasteiger partial charge in [-0.05, 0) is 33.1 Å². The fourth-order valence-electron chi connectivity index (χ4n) is 5.16. The van der Waals surface area contributed by atoms with Crippen LogP contribution in [0, 0.1) is 5.41 Å². The number of amides is 1. The number of hydrogen-bond donors (Lipinski definition) is 2. The number of thiazole rings is 1. The van der Waals surface area contributed by atoms with E-state index < -0.39 is 15.4 Å². The lowest BCUT2D eigenvalue weighted by Crippen LogP contribution is -2.59. The molecule has 4 aliphatic rings. The molecule has 0 radical (unpaired) electrons. The van der Waals surface area contributed by atoms with E-state index in [-0.39, 0.29) is 21.8 Å². The SMILES string of the molecule is CCc1ncc(S(=O)(=O)N2CCC3(CC2)C2=CN=NC2NC2=C3C(=O)NC(C)(C)C2)s1. The van der Waals surface area contributed by atoms with Crippen LogP contribution in [0.15, 0.2) is 43.7 Å². The maximum atomic E-state index is 13.2. The smallest absolute Gasteiger partial charge is 0.254 e. The van der Waals surface area contributed by atoms with Crippen molar-refractivity contribution < 1.29 is 13.2 Å². The van der Waals surface area contributed by atoms with E-state index in [4.69, 9.17) is 0 Å². The van der Waals surface area contributed by atoms with Crippen molar-refractivity contribution in [1.82, 2.24) is 19.9 Å². The summed E-state index contributed by atoms with van der Waals surface area (Å²) in [5.41, 5.74) is 1.69. The fraction of sp³-hybridized carbons (Fsp3) is 0.600. The minimum Gasteiger partial charge on any atom is -0.362 e. The number of sulfonamides is 1. The standard InChI is InChI=1S/C20H26N6O3S2/c1-4-14-21-11-15(30-14)31(28,29)26-7-5-20(6-8-26)12-10-22-25-17(12)23-13-9-19(2,3)24-18(27)16(13)20/h10-11,17,23H,4-9H2,1-3H3,(H,24,27). The lowest BCUT2D eigenvalue weighted by Gasteiger charge is -2.50. The molecule has 1 atom stereocenters. The van der Waals surface area contributed by atoms with E-state index in [1.54, 1.807) is 6.20 Å². The van der Waals surface area contributed by atoms with Crippen LogP contribution in [0.2, 0.25) is 0 Å². The predicted octanol–water partition coefficient (Wildman–Crippen LogP) is 2.31. The summed E-state index contributed by atoms with van der Waals surface area (Å²) in [6, 6.07) is 0. The molecule has 2 N–H and O–H groups in total. The molecule has 166 valence electrons. The van der Waals surface area contributed by atoms with Crippen molar-refractivity contribution in [1.29, 1.82) is 0 Å². The molecule has 0 saturated carbocycles. The first-order chi connectivity index (χ1) is 14.7. The predicted molar refractivity (Wildman–Crippen MR) is 116 cm³/mol. The molecule has 0 aliphatic carbocycles. The number of azo groups is 1.